The van der Waals surface area contributed by atoms with Gasteiger partial charge in [-0.25, -0.2) is 0 Å². The van der Waals surface area contributed by atoms with Crippen LogP contribution in [-0.2, 0) is 25.6 Å². The molecule has 2 aliphatic rings. The van der Waals surface area contributed by atoms with E-state index in [2.05, 4.69) is 45.8 Å². The van der Waals surface area contributed by atoms with E-state index < -0.39 is 0 Å². The number of piperidine rings is 1. The molecule has 3 heterocycles. The van der Waals surface area contributed by atoms with Crippen LogP contribution in [0.25, 0.3) is 0 Å². The van der Waals surface area contributed by atoms with Gasteiger partial charge in [-0.3, -0.25) is 9.58 Å². The molecule has 1 spiro atoms. The zero-order valence-electron chi connectivity index (χ0n) is 13.3. The summed E-state index contributed by atoms with van der Waals surface area (Å²) in [6, 6.07) is 9.00. The molecule has 2 aliphatic heterocycles. The molecule has 1 N–H and O–H groups in total. The number of nitrogens with zero attached hydrogens (tertiary/aromatic N) is 3. The Bertz CT molecular complexity index is 653. The van der Waals surface area contributed by atoms with Crippen molar-refractivity contribution in [1.29, 1.82) is 0 Å². The van der Waals surface area contributed by atoms with Crippen LogP contribution >= 0.6 is 0 Å². The van der Waals surface area contributed by atoms with Gasteiger partial charge < -0.3 is 5.32 Å². The standard InChI is InChI=1S/C18H24N4/c1-21-12-15(10-20-21)13-22-8-6-18(7-9-22)14-19-11-16-4-2-3-5-17(16)18/h2-5,10,12,19H,6-9,11,13-14H2,1H3. The summed E-state index contributed by atoms with van der Waals surface area (Å²) in [5.41, 5.74) is 4.75. The molecule has 0 unspecified atom stereocenters. The Morgan fingerprint density at radius 1 is 1.23 bits per heavy atom. The first kappa shape index (κ1) is 14.0. The molecule has 1 aromatic heterocycles. The fraction of sp³-hybridized carbons (Fsp3) is 0.500. The molecule has 22 heavy (non-hydrogen) atoms. The Balaban J connectivity index is 1.48. The van der Waals surface area contributed by atoms with Gasteiger partial charge >= 0.3 is 0 Å². The number of nitrogens with one attached hydrogen (secondary N) is 1. The third kappa shape index (κ3) is 2.46. The van der Waals surface area contributed by atoms with Crippen LogP contribution < -0.4 is 5.32 Å². The van der Waals surface area contributed by atoms with Crippen LogP contribution in [0.2, 0.25) is 0 Å². The van der Waals surface area contributed by atoms with E-state index in [1.54, 1.807) is 5.56 Å². The highest BCUT2D eigenvalue weighted by Gasteiger charge is 2.39. The first-order valence-corrected chi connectivity index (χ1v) is 8.24. The highest BCUT2D eigenvalue weighted by atomic mass is 15.2. The lowest BCUT2D eigenvalue weighted by molar-refractivity contribution is 0.144. The minimum atomic E-state index is 0.348. The highest BCUT2D eigenvalue weighted by Crippen LogP contribution is 2.39. The van der Waals surface area contributed by atoms with Crippen LogP contribution in [0.3, 0.4) is 0 Å². The molecular formula is C18H24N4. The quantitative estimate of drug-likeness (QED) is 0.921. The van der Waals surface area contributed by atoms with E-state index in [1.807, 2.05) is 17.9 Å². The summed E-state index contributed by atoms with van der Waals surface area (Å²) >= 11 is 0. The maximum absolute atomic E-state index is 4.28. The molecule has 0 bridgehead atoms. The third-order valence-electron chi connectivity index (χ3n) is 5.35. The third-order valence-corrected chi connectivity index (χ3v) is 5.35. The Morgan fingerprint density at radius 2 is 2.05 bits per heavy atom. The number of aryl methyl sites for hydroxylation is 1. The molecule has 4 heteroatoms. The molecular weight excluding hydrogens is 272 g/mol. The van der Waals surface area contributed by atoms with Crippen molar-refractivity contribution in [3.05, 3.63) is 53.3 Å². The molecule has 0 aliphatic carbocycles. The van der Waals surface area contributed by atoms with Crippen LogP contribution in [-0.4, -0.2) is 34.3 Å². The molecule has 116 valence electrons. The average Bonchev–Trinajstić information content (AvgIpc) is 2.95. The smallest absolute Gasteiger partial charge is 0.0534 e. The van der Waals surface area contributed by atoms with Crippen LogP contribution in [0, 0.1) is 0 Å². The number of aromatic nitrogens is 2. The van der Waals surface area contributed by atoms with Gasteiger partial charge in [0.15, 0.2) is 0 Å². The lowest BCUT2D eigenvalue weighted by Gasteiger charge is -2.45. The second-order valence-electron chi connectivity index (χ2n) is 6.84. The van der Waals surface area contributed by atoms with E-state index in [1.165, 1.54) is 37.1 Å². The van der Waals surface area contributed by atoms with Crippen molar-refractivity contribution in [1.82, 2.24) is 20.0 Å². The summed E-state index contributed by atoms with van der Waals surface area (Å²) in [6.07, 6.45) is 6.61. The highest BCUT2D eigenvalue weighted by molar-refractivity contribution is 5.37. The average molecular weight is 296 g/mol. The lowest BCUT2D eigenvalue weighted by Crippen LogP contribution is -2.50. The van der Waals surface area contributed by atoms with Crippen molar-refractivity contribution in [2.24, 2.45) is 7.05 Å². The molecule has 4 rings (SSSR count). The van der Waals surface area contributed by atoms with Gasteiger partial charge in [-0.2, -0.15) is 5.10 Å². The first-order valence-electron chi connectivity index (χ1n) is 8.24. The number of likely N-dealkylation sites (tertiary alicyclic amines) is 1. The fourth-order valence-corrected chi connectivity index (χ4v) is 4.12. The molecule has 1 saturated heterocycles. The van der Waals surface area contributed by atoms with Gasteiger partial charge in [0.2, 0.25) is 0 Å². The van der Waals surface area contributed by atoms with Gasteiger partial charge in [-0.1, -0.05) is 24.3 Å². The Labute approximate surface area is 132 Å². The van der Waals surface area contributed by atoms with Crippen molar-refractivity contribution < 1.29 is 0 Å². The summed E-state index contributed by atoms with van der Waals surface area (Å²) in [6.45, 7) is 5.52. The lowest BCUT2D eigenvalue weighted by atomic mass is 9.69. The van der Waals surface area contributed by atoms with Gasteiger partial charge in [0.1, 0.15) is 0 Å². The first-order chi connectivity index (χ1) is 10.8. The van der Waals surface area contributed by atoms with E-state index in [9.17, 15) is 0 Å². The zero-order chi connectivity index (χ0) is 15.0. The summed E-state index contributed by atoms with van der Waals surface area (Å²) in [5.74, 6) is 0. The van der Waals surface area contributed by atoms with E-state index in [4.69, 9.17) is 0 Å². The molecule has 1 fully saturated rings. The molecule has 2 aromatic rings. The number of benzene rings is 1. The Kier molecular flexibility index (Phi) is 3.51. The maximum Gasteiger partial charge on any atom is 0.0534 e. The molecule has 0 radical (unpaired) electrons. The minimum Gasteiger partial charge on any atom is -0.312 e. The normalized spacial score (nSPS) is 21.0. The molecule has 0 saturated carbocycles. The van der Waals surface area contributed by atoms with Crippen molar-refractivity contribution >= 4 is 0 Å². The van der Waals surface area contributed by atoms with E-state index in [-0.39, 0.29) is 0 Å². The van der Waals surface area contributed by atoms with Crippen LogP contribution in [0.4, 0.5) is 0 Å². The number of fused-ring (bicyclic) bond motifs is 2. The predicted molar refractivity (Wildman–Crippen MR) is 87.5 cm³/mol. The number of hydrogen-bond acceptors (Lipinski definition) is 3. The van der Waals surface area contributed by atoms with Crippen LogP contribution in [0.15, 0.2) is 36.7 Å². The molecule has 0 atom stereocenters. The largest absolute Gasteiger partial charge is 0.312 e. The van der Waals surface area contributed by atoms with Crippen molar-refractivity contribution in [2.45, 2.75) is 31.3 Å². The summed E-state index contributed by atoms with van der Waals surface area (Å²) in [7, 11) is 1.99. The summed E-state index contributed by atoms with van der Waals surface area (Å²) in [4.78, 5) is 2.57. The predicted octanol–water partition coefficient (Wildman–Crippen LogP) is 2.06. The second-order valence-corrected chi connectivity index (χ2v) is 6.84. The minimum absolute atomic E-state index is 0.348. The number of hydrogen-bond donors (Lipinski definition) is 1. The van der Waals surface area contributed by atoms with Gasteiger partial charge in [-0.15, -0.1) is 0 Å². The van der Waals surface area contributed by atoms with Gasteiger partial charge in [0.05, 0.1) is 6.20 Å². The van der Waals surface area contributed by atoms with E-state index in [0.717, 1.165) is 19.6 Å². The second kappa shape index (κ2) is 5.52. The van der Waals surface area contributed by atoms with Crippen LogP contribution in [0.5, 0.6) is 0 Å². The van der Waals surface area contributed by atoms with Crippen molar-refractivity contribution in [2.75, 3.05) is 19.6 Å². The Morgan fingerprint density at radius 3 is 2.82 bits per heavy atom. The van der Waals surface area contributed by atoms with Crippen LogP contribution in [0.1, 0.15) is 29.5 Å². The Hall–Kier alpha value is -1.65. The SMILES string of the molecule is Cn1cc(CN2CCC3(CC2)CNCc2ccccc23)cn1. The fourth-order valence-electron chi connectivity index (χ4n) is 4.12. The summed E-state index contributed by atoms with van der Waals surface area (Å²) in [5, 5.41) is 7.91. The monoisotopic (exact) mass is 296 g/mol. The van der Waals surface area contributed by atoms with Gasteiger partial charge in [-0.05, 0) is 37.1 Å². The van der Waals surface area contributed by atoms with E-state index in [0.29, 0.717) is 5.41 Å². The van der Waals surface area contributed by atoms with Crippen molar-refractivity contribution in [3.63, 3.8) is 0 Å². The maximum atomic E-state index is 4.28. The van der Waals surface area contributed by atoms with Crippen molar-refractivity contribution in [3.8, 4) is 0 Å². The topological polar surface area (TPSA) is 33.1 Å². The molecule has 1 aromatic carbocycles. The molecule has 4 nitrogen and oxygen atoms in total. The van der Waals surface area contributed by atoms with E-state index >= 15 is 0 Å². The molecule has 0 amide bonds. The summed E-state index contributed by atoms with van der Waals surface area (Å²) < 4.78 is 1.89. The van der Waals surface area contributed by atoms with Gasteiger partial charge in [0.25, 0.3) is 0 Å². The zero-order valence-corrected chi connectivity index (χ0v) is 13.3. The van der Waals surface area contributed by atoms with Gasteiger partial charge in [0, 0.05) is 43.9 Å². The number of rotatable bonds is 2.